The van der Waals surface area contributed by atoms with E-state index >= 15 is 0 Å². The van der Waals surface area contributed by atoms with Crippen LogP contribution in [0.25, 0.3) is 0 Å². The van der Waals surface area contributed by atoms with E-state index in [1.807, 2.05) is 0 Å². The summed E-state index contributed by atoms with van der Waals surface area (Å²) in [5.41, 5.74) is 11.7. The predicted molar refractivity (Wildman–Crippen MR) is 253 cm³/mol. The average molecular weight is 856 g/mol. The van der Waals surface area contributed by atoms with E-state index < -0.39 is 12.1 Å². The second kappa shape index (κ2) is 47.6. The molecule has 2 atom stereocenters. The monoisotopic (exact) mass is 856 g/mol. The minimum absolute atomic E-state index is 0.0356. The Bertz CT molecular complexity index is 917. The lowest BCUT2D eigenvalue weighted by atomic mass is 10.0. The summed E-state index contributed by atoms with van der Waals surface area (Å²) < 4.78 is 11.4. The molecular formula is C48H97N5O5S. The first-order valence-corrected chi connectivity index (χ1v) is 26.2. The van der Waals surface area contributed by atoms with E-state index in [4.69, 9.17) is 20.9 Å². The summed E-state index contributed by atoms with van der Waals surface area (Å²) in [6.45, 7) is 9.65. The molecule has 0 aliphatic heterocycles. The third-order valence-corrected chi connectivity index (χ3v) is 12.2. The van der Waals surface area contributed by atoms with Crippen LogP contribution < -0.4 is 27.4 Å². The van der Waals surface area contributed by atoms with Crippen molar-refractivity contribution in [3.63, 3.8) is 0 Å². The first kappa shape index (κ1) is 57.6. The Balaban J connectivity index is 4.40. The minimum Gasteiger partial charge on any atom is -0.462 e. The number of nitrogens with two attached hydrogens (primary N) is 2. The van der Waals surface area contributed by atoms with E-state index in [9.17, 15) is 14.4 Å². The molecule has 0 fully saturated rings. The number of carbonyl (C=O) groups excluding carboxylic acids is 3. The zero-order valence-corrected chi connectivity index (χ0v) is 39.6. The predicted octanol–water partition coefficient (Wildman–Crippen LogP) is 10.3. The van der Waals surface area contributed by atoms with Crippen LogP contribution in [0.5, 0.6) is 0 Å². The van der Waals surface area contributed by atoms with Gasteiger partial charge in [-0.3, -0.25) is 14.4 Å². The van der Waals surface area contributed by atoms with Crippen LogP contribution in [0.3, 0.4) is 0 Å². The third-order valence-electron chi connectivity index (χ3n) is 11.0. The van der Waals surface area contributed by atoms with E-state index in [0.717, 1.165) is 96.9 Å². The van der Waals surface area contributed by atoms with Crippen molar-refractivity contribution >= 4 is 29.6 Å². The fourth-order valence-corrected chi connectivity index (χ4v) is 8.10. The molecule has 0 aliphatic carbocycles. The van der Waals surface area contributed by atoms with Crippen molar-refractivity contribution < 1.29 is 23.9 Å². The summed E-state index contributed by atoms with van der Waals surface area (Å²) in [5, 5.41) is 9.76. The standard InChI is InChI=1S/C48H97N5O5S/c1-3-5-7-9-11-13-15-17-19-21-23-25-27-33-46(54)57-41-44(58-47(55)34-28-26-24-22-20-18-16-14-12-10-8-6-4-2)42-59-43-45(50)48(56)53-40-32-39-52-37-30-29-36-51-38-31-35-49/h44-45,51-52H,3-43,49-50H2,1-2H3,(H,53,56)/t44?,45-/m0/s1. The summed E-state index contributed by atoms with van der Waals surface area (Å²) in [5.74, 6) is 0.145. The highest BCUT2D eigenvalue weighted by Crippen LogP contribution is 2.16. The second-order valence-corrected chi connectivity index (χ2v) is 18.0. The summed E-state index contributed by atoms with van der Waals surface area (Å²) >= 11 is 1.46. The van der Waals surface area contributed by atoms with Gasteiger partial charge >= 0.3 is 11.9 Å². The third kappa shape index (κ3) is 44.5. The molecule has 0 saturated carbocycles. The van der Waals surface area contributed by atoms with Crippen molar-refractivity contribution in [3.8, 4) is 0 Å². The van der Waals surface area contributed by atoms with Crippen molar-refractivity contribution in [1.29, 1.82) is 0 Å². The van der Waals surface area contributed by atoms with E-state index in [0.29, 0.717) is 30.9 Å². The lowest BCUT2D eigenvalue weighted by Gasteiger charge is -2.19. The van der Waals surface area contributed by atoms with Gasteiger partial charge in [0.2, 0.25) is 5.91 Å². The van der Waals surface area contributed by atoms with Gasteiger partial charge in [-0.25, -0.2) is 0 Å². The highest BCUT2D eigenvalue weighted by molar-refractivity contribution is 7.99. The molecule has 1 amide bonds. The lowest BCUT2D eigenvalue weighted by Crippen LogP contribution is -2.43. The first-order valence-electron chi connectivity index (χ1n) is 25.0. The zero-order chi connectivity index (χ0) is 43.1. The highest BCUT2D eigenvalue weighted by Gasteiger charge is 2.20. The van der Waals surface area contributed by atoms with Crippen LogP contribution in [-0.2, 0) is 23.9 Å². The summed E-state index contributed by atoms with van der Waals surface area (Å²) in [6.07, 6.45) is 36.9. The first-order chi connectivity index (χ1) is 28.9. The maximum absolute atomic E-state index is 12.8. The van der Waals surface area contributed by atoms with Crippen molar-refractivity contribution in [2.24, 2.45) is 11.5 Å². The maximum Gasteiger partial charge on any atom is 0.306 e. The quantitative estimate of drug-likeness (QED) is 0.0295. The molecule has 0 aromatic carbocycles. The normalized spacial score (nSPS) is 12.4. The molecule has 0 saturated heterocycles. The minimum atomic E-state index is -0.667. The Morgan fingerprint density at radius 3 is 1.36 bits per heavy atom. The fraction of sp³-hybridized carbons (Fsp3) is 0.938. The number of esters is 2. The van der Waals surface area contributed by atoms with Crippen LogP contribution in [0.2, 0.25) is 0 Å². The Morgan fingerprint density at radius 1 is 0.492 bits per heavy atom. The molecule has 1 unspecified atom stereocenters. The average Bonchev–Trinajstić information content (AvgIpc) is 3.23. The van der Waals surface area contributed by atoms with Crippen LogP contribution in [-0.4, -0.2) is 87.4 Å². The van der Waals surface area contributed by atoms with Gasteiger partial charge in [0.15, 0.2) is 0 Å². The number of hydrogen-bond acceptors (Lipinski definition) is 10. The van der Waals surface area contributed by atoms with Gasteiger partial charge in [0.25, 0.3) is 0 Å². The summed E-state index contributed by atoms with van der Waals surface area (Å²) in [4.78, 5) is 38.1. The number of thioether (sulfide) groups is 1. The number of carbonyl (C=O) groups is 3. The van der Waals surface area contributed by atoms with Crippen molar-refractivity contribution in [3.05, 3.63) is 0 Å². The second-order valence-electron chi connectivity index (χ2n) is 16.9. The van der Waals surface area contributed by atoms with Crippen LogP contribution in [0.1, 0.15) is 219 Å². The molecule has 350 valence electrons. The zero-order valence-electron chi connectivity index (χ0n) is 38.8. The van der Waals surface area contributed by atoms with E-state index in [1.54, 1.807) is 0 Å². The number of unbranched alkanes of at least 4 members (excludes halogenated alkanes) is 25. The molecule has 0 aromatic rings. The number of ether oxygens (including phenoxy) is 2. The number of hydrogen-bond donors (Lipinski definition) is 5. The Kier molecular flexibility index (Phi) is 46.5. The molecule has 11 heteroatoms. The molecule has 0 spiro atoms. The lowest BCUT2D eigenvalue weighted by molar-refractivity contribution is -0.157. The van der Waals surface area contributed by atoms with Crippen LogP contribution >= 0.6 is 11.8 Å². The fourth-order valence-electron chi connectivity index (χ4n) is 7.13. The van der Waals surface area contributed by atoms with Crippen LogP contribution in [0, 0.1) is 0 Å². The van der Waals surface area contributed by atoms with E-state index in [1.165, 1.54) is 140 Å². The topological polar surface area (TPSA) is 158 Å². The molecule has 59 heavy (non-hydrogen) atoms. The summed E-state index contributed by atoms with van der Waals surface area (Å²) in [7, 11) is 0. The van der Waals surface area contributed by atoms with E-state index in [-0.39, 0.29) is 24.5 Å². The molecule has 0 aliphatic rings. The van der Waals surface area contributed by atoms with Gasteiger partial charge in [0.05, 0.1) is 6.04 Å². The molecule has 0 rings (SSSR count). The van der Waals surface area contributed by atoms with Crippen LogP contribution in [0.4, 0.5) is 0 Å². The van der Waals surface area contributed by atoms with Gasteiger partial charge in [0, 0.05) is 30.9 Å². The number of rotatable bonds is 48. The molecule has 0 aromatic heterocycles. The Hall–Kier alpha value is -1.40. The van der Waals surface area contributed by atoms with Crippen molar-refractivity contribution in [2.75, 3.05) is 57.4 Å². The van der Waals surface area contributed by atoms with Crippen molar-refractivity contribution in [2.45, 2.75) is 231 Å². The summed E-state index contributed by atoms with van der Waals surface area (Å²) in [6, 6.07) is -0.667. The Labute approximate surface area is 368 Å². The van der Waals surface area contributed by atoms with Crippen LogP contribution in [0.15, 0.2) is 0 Å². The molecule has 0 bridgehead atoms. The molecule has 0 radical (unpaired) electrons. The molecular weight excluding hydrogens is 759 g/mol. The van der Waals surface area contributed by atoms with Gasteiger partial charge in [0.1, 0.15) is 12.7 Å². The molecule has 10 nitrogen and oxygen atoms in total. The van der Waals surface area contributed by atoms with E-state index in [2.05, 4.69) is 29.8 Å². The van der Waals surface area contributed by atoms with Gasteiger partial charge in [-0.1, -0.05) is 168 Å². The maximum atomic E-state index is 12.8. The van der Waals surface area contributed by atoms with Gasteiger partial charge < -0.3 is 36.9 Å². The number of amides is 1. The van der Waals surface area contributed by atoms with Gasteiger partial charge in [-0.2, -0.15) is 11.8 Å². The van der Waals surface area contributed by atoms with Crippen molar-refractivity contribution in [1.82, 2.24) is 16.0 Å². The van der Waals surface area contributed by atoms with Gasteiger partial charge in [-0.05, 0) is 71.2 Å². The smallest absolute Gasteiger partial charge is 0.306 e. The molecule has 0 heterocycles. The number of nitrogens with one attached hydrogen (secondary N) is 3. The SMILES string of the molecule is CCCCCCCCCCCCCCCC(=O)OCC(CSC[C@H](N)C(=O)NCCCNCCCCNCCCN)OC(=O)CCCCCCCCCCCCCCC. The molecule has 7 N–H and O–H groups in total. The highest BCUT2D eigenvalue weighted by atomic mass is 32.2. The Morgan fingerprint density at radius 2 is 0.898 bits per heavy atom. The largest absolute Gasteiger partial charge is 0.462 e. The van der Waals surface area contributed by atoms with Gasteiger partial charge in [-0.15, -0.1) is 0 Å².